The number of aromatic nitrogens is 1. The zero-order valence-corrected chi connectivity index (χ0v) is 18.1. The van der Waals surface area contributed by atoms with E-state index in [1.807, 2.05) is 0 Å². The van der Waals surface area contributed by atoms with Crippen LogP contribution in [0.25, 0.3) is 11.3 Å². The molecule has 0 aliphatic rings. The number of carbonyl (C=O) groups excluding carboxylic acids is 2. The number of oxazole rings is 1. The number of amides is 2. The summed E-state index contributed by atoms with van der Waals surface area (Å²) in [6.07, 6.45) is 1.48. The van der Waals surface area contributed by atoms with Crippen LogP contribution < -0.4 is 10.1 Å². The SMILES string of the molecule is COc1ccc(Cl)cc1NC(=O)CN(C)C(=O)CCc1ncc(-c2ccc(F)cc2F)o1. The molecule has 3 aromatic rings. The van der Waals surface area contributed by atoms with Crippen molar-refractivity contribution in [2.45, 2.75) is 12.8 Å². The quantitative estimate of drug-likeness (QED) is 0.538. The number of rotatable bonds is 8. The summed E-state index contributed by atoms with van der Waals surface area (Å²) in [4.78, 5) is 30.0. The lowest BCUT2D eigenvalue weighted by molar-refractivity contribution is -0.133. The van der Waals surface area contributed by atoms with Gasteiger partial charge < -0.3 is 19.4 Å². The van der Waals surface area contributed by atoms with Crippen molar-refractivity contribution < 1.29 is 27.5 Å². The second-order valence-electron chi connectivity index (χ2n) is 6.89. The lowest BCUT2D eigenvalue weighted by Gasteiger charge is -2.17. The summed E-state index contributed by atoms with van der Waals surface area (Å²) in [7, 11) is 2.96. The number of likely N-dealkylation sites (N-methyl/N-ethyl adjacent to an activating group) is 1. The maximum atomic E-state index is 13.9. The van der Waals surface area contributed by atoms with Crippen molar-refractivity contribution in [1.29, 1.82) is 0 Å². The molecule has 2 amide bonds. The zero-order chi connectivity index (χ0) is 23.3. The molecule has 1 N–H and O–H groups in total. The number of hydrogen-bond acceptors (Lipinski definition) is 5. The number of aryl methyl sites for hydroxylation is 1. The van der Waals surface area contributed by atoms with E-state index in [1.165, 1.54) is 31.3 Å². The first-order valence-corrected chi connectivity index (χ1v) is 9.92. The first kappa shape index (κ1) is 23.2. The lowest BCUT2D eigenvalue weighted by Crippen LogP contribution is -2.35. The van der Waals surface area contributed by atoms with E-state index in [1.54, 1.807) is 18.2 Å². The summed E-state index contributed by atoms with van der Waals surface area (Å²) in [5.74, 6) is -1.42. The Morgan fingerprint density at radius 1 is 1.22 bits per heavy atom. The number of benzene rings is 2. The zero-order valence-electron chi connectivity index (χ0n) is 17.3. The van der Waals surface area contributed by atoms with Crippen LogP contribution >= 0.6 is 11.6 Å². The highest BCUT2D eigenvalue weighted by Gasteiger charge is 2.17. The van der Waals surface area contributed by atoms with Crippen LogP contribution in [0.3, 0.4) is 0 Å². The molecule has 0 bridgehead atoms. The normalized spacial score (nSPS) is 10.7. The third-order valence-electron chi connectivity index (χ3n) is 4.55. The minimum Gasteiger partial charge on any atom is -0.495 e. The van der Waals surface area contributed by atoms with Gasteiger partial charge >= 0.3 is 0 Å². The lowest BCUT2D eigenvalue weighted by atomic mass is 10.2. The summed E-state index contributed by atoms with van der Waals surface area (Å²) in [6.45, 7) is -0.188. The highest BCUT2D eigenvalue weighted by molar-refractivity contribution is 6.31. The van der Waals surface area contributed by atoms with Crippen molar-refractivity contribution in [3.8, 4) is 17.1 Å². The molecule has 0 aliphatic carbocycles. The van der Waals surface area contributed by atoms with Crippen molar-refractivity contribution >= 4 is 29.1 Å². The van der Waals surface area contributed by atoms with Crippen LogP contribution in [0.2, 0.25) is 5.02 Å². The number of hydrogen-bond donors (Lipinski definition) is 1. The number of halogens is 3. The summed E-state index contributed by atoms with van der Waals surface area (Å²) < 4.78 is 37.6. The molecular weight excluding hydrogens is 444 g/mol. The summed E-state index contributed by atoms with van der Waals surface area (Å²) in [5.41, 5.74) is 0.466. The summed E-state index contributed by atoms with van der Waals surface area (Å²) >= 11 is 5.95. The van der Waals surface area contributed by atoms with Gasteiger partial charge in [0, 0.05) is 31.0 Å². The fourth-order valence-corrected chi connectivity index (χ4v) is 3.09. The molecule has 0 spiro atoms. The molecule has 0 unspecified atom stereocenters. The molecule has 32 heavy (non-hydrogen) atoms. The minimum atomic E-state index is -0.772. The molecule has 7 nitrogen and oxygen atoms in total. The Bertz CT molecular complexity index is 1140. The molecule has 10 heteroatoms. The van der Waals surface area contributed by atoms with Gasteiger partial charge in [0.1, 0.15) is 17.4 Å². The Kier molecular flexibility index (Phi) is 7.42. The van der Waals surface area contributed by atoms with Gasteiger partial charge in [-0.05, 0) is 30.3 Å². The van der Waals surface area contributed by atoms with Crippen molar-refractivity contribution in [2.24, 2.45) is 0 Å². The maximum absolute atomic E-state index is 13.9. The predicted molar refractivity (Wildman–Crippen MR) is 114 cm³/mol. The third-order valence-corrected chi connectivity index (χ3v) is 4.78. The predicted octanol–water partition coefficient (Wildman–Crippen LogP) is 4.31. The molecule has 0 saturated heterocycles. The van der Waals surface area contributed by atoms with Gasteiger partial charge in [-0.25, -0.2) is 13.8 Å². The largest absolute Gasteiger partial charge is 0.495 e. The molecule has 0 radical (unpaired) electrons. The van der Waals surface area contributed by atoms with Gasteiger partial charge in [-0.1, -0.05) is 11.6 Å². The fourth-order valence-electron chi connectivity index (χ4n) is 2.92. The second-order valence-corrected chi connectivity index (χ2v) is 7.32. The Labute approximate surface area is 187 Å². The highest BCUT2D eigenvalue weighted by atomic mass is 35.5. The van der Waals surface area contributed by atoms with Gasteiger partial charge in [0.2, 0.25) is 11.8 Å². The van der Waals surface area contributed by atoms with Crippen LogP contribution in [-0.2, 0) is 16.0 Å². The van der Waals surface area contributed by atoms with Gasteiger partial charge in [-0.2, -0.15) is 0 Å². The first-order valence-electron chi connectivity index (χ1n) is 9.54. The number of ether oxygens (including phenoxy) is 1. The van der Waals surface area contributed by atoms with Gasteiger partial charge in [0.15, 0.2) is 11.7 Å². The first-order chi connectivity index (χ1) is 15.3. The van der Waals surface area contributed by atoms with Crippen LogP contribution in [0, 0.1) is 11.6 Å². The van der Waals surface area contributed by atoms with E-state index in [4.69, 9.17) is 20.8 Å². The van der Waals surface area contributed by atoms with Gasteiger partial charge in [0.05, 0.1) is 31.1 Å². The molecule has 0 aliphatic heterocycles. The van der Waals surface area contributed by atoms with Crippen molar-refractivity contribution in [3.05, 3.63) is 65.1 Å². The van der Waals surface area contributed by atoms with Gasteiger partial charge in [-0.3, -0.25) is 9.59 Å². The maximum Gasteiger partial charge on any atom is 0.244 e. The minimum absolute atomic E-state index is 0.0239. The Balaban J connectivity index is 1.53. The highest BCUT2D eigenvalue weighted by Crippen LogP contribution is 2.28. The van der Waals surface area contributed by atoms with Crippen molar-refractivity contribution in [2.75, 3.05) is 26.0 Å². The van der Waals surface area contributed by atoms with Gasteiger partial charge in [-0.15, -0.1) is 0 Å². The molecule has 0 atom stereocenters. The summed E-state index contributed by atoms with van der Waals surface area (Å²) in [6, 6.07) is 7.91. The average Bonchev–Trinajstić information content (AvgIpc) is 3.20. The molecule has 1 aromatic heterocycles. The van der Waals surface area contributed by atoms with E-state index < -0.39 is 17.5 Å². The van der Waals surface area contributed by atoms with E-state index in [0.717, 1.165) is 12.1 Å². The van der Waals surface area contributed by atoms with Crippen molar-refractivity contribution in [1.82, 2.24) is 9.88 Å². The third kappa shape index (κ3) is 5.82. The van der Waals surface area contributed by atoms with Crippen LogP contribution in [0.15, 0.2) is 47.0 Å². The summed E-state index contributed by atoms with van der Waals surface area (Å²) in [5, 5.41) is 3.08. The molecule has 168 valence electrons. The fraction of sp³-hybridized carbons (Fsp3) is 0.227. The van der Waals surface area contributed by atoms with Crippen LogP contribution in [0.4, 0.5) is 14.5 Å². The molecular formula is C22H20ClF2N3O4. The second kappa shape index (κ2) is 10.2. The molecule has 0 fully saturated rings. The average molecular weight is 464 g/mol. The molecule has 1 heterocycles. The van der Waals surface area contributed by atoms with Crippen molar-refractivity contribution in [3.63, 3.8) is 0 Å². The van der Waals surface area contributed by atoms with Crippen LogP contribution in [0.5, 0.6) is 5.75 Å². The Hall–Kier alpha value is -3.46. The monoisotopic (exact) mass is 463 g/mol. The Morgan fingerprint density at radius 2 is 2.00 bits per heavy atom. The van der Waals surface area contributed by atoms with Crippen LogP contribution in [-0.4, -0.2) is 42.4 Å². The number of carbonyl (C=O) groups is 2. The van der Waals surface area contributed by atoms with E-state index in [0.29, 0.717) is 16.5 Å². The van der Waals surface area contributed by atoms with E-state index >= 15 is 0 Å². The van der Waals surface area contributed by atoms with Crippen LogP contribution in [0.1, 0.15) is 12.3 Å². The Morgan fingerprint density at radius 3 is 2.72 bits per heavy atom. The topological polar surface area (TPSA) is 84.7 Å². The van der Waals surface area contributed by atoms with E-state index in [9.17, 15) is 18.4 Å². The number of anilines is 1. The molecule has 2 aromatic carbocycles. The number of nitrogens with zero attached hydrogens (tertiary/aromatic N) is 2. The number of nitrogens with one attached hydrogen (secondary N) is 1. The molecule has 3 rings (SSSR count). The van der Waals surface area contributed by atoms with E-state index in [-0.39, 0.29) is 42.5 Å². The smallest absolute Gasteiger partial charge is 0.244 e. The van der Waals surface area contributed by atoms with E-state index in [2.05, 4.69) is 10.3 Å². The number of methoxy groups -OCH3 is 1. The standard InChI is InChI=1S/C22H20ClF2N3O4/c1-28(12-20(29)27-17-9-13(23)3-6-18(17)31-2)22(30)8-7-21-26-11-19(32-21)15-5-4-14(24)10-16(15)25/h3-6,9-11H,7-8,12H2,1-2H3,(H,27,29). The molecule has 0 saturated carbocycles. The van der Waals surface area contributed by atoms with Gasteiger partial charge in [0.25, 0.3) is 0 Å².